The van der Waals surface area contributed by atoms with Crippen molar-refractivity contribution < 1.29 is 5.11 Å². The molecule has 3 heteroatoms. The van der Waals surface area contributed by atoms with Crippen molar-refractivity contribution in [2.24, 2.45) is 11.7 Å². The van der Waals surface area contributed by atoms with E-state index in [9.17, 15) is 0 Å². The lowest BCUT2D eigenvalue weighted by Crippen LogP contribution is -2.14. The number of benzene rings is 1. The van der Waals surface area contributed by atoms with Crippen molar-refractivity contribution in [3.05, 3.63) is 54.3 Å². The Balaban J connectivity index is 2.57. The Morgan fingerprint density at radius 1 is 1.25 bits per heavy atom. The SMILES string of the molecule is C=C(O)CCNC(=C)c1ccc(C(N)CC(C)C)cc1. The molecule has 3 nitrogen and oxygen atoms in total. The third-order valence-corrected chi connectivity index (χ3v) is 3.16. The van der Waals surface area contributed by atoms with Crippen LogP contribution >= 0.6 is 0 Å². The minimum Gasteiger partial charge on any atom is -0.513 e. The first-order valence-corrected chi connectivity index (χ1v) is 7.05. The van der Waals surface area contributed by atoms with Crippen LogP contribution in [0, 0.1) is 5.92 Å². The molecule has 1 unspecified atom stereocenters. The molecule has 1 aromatic rings. The van der Waals surface area contributed by atoms with E-state index < -0.39 is 0 Å². The average molecular weight is 274 g/mol. The molecule has 0 spiro atoms. The molecule has 1 rings (SSSR count). The van der Waals surface area contributed by atoms with Crippen LogP contribution in [0.15, 0.2) is 43.2 Å². The first-order chi connectivity index (χ1) is 9.40. The van der Waals surface area contributed by atoms with Gasteiger partial charge in [0, 0.05) is 24.7 Å². The number of hydrogen-bond donors (Lipinski definition) is 3. The molecule has 0 bridgehead atoms. The second-order valence-corrected chi connectivity index (χ2v) is 5.58. The topological polar surface area (TPSA) is 58.3 Å². The number of aliphatic hydroxyl groups is 1. The maximum absolute atomic E-state index is 9.03. The van der Waals surface area contributed by atoms with Gasteiger partial charge in [-0.25, -0.2) is 0 Å². The number of rotatable bonds is 8. The van der Waals surface area contributed by atoms with Gasteiger partial charge in [0.15, 0.2) is 0 Å². The average Bonchev–Trinajstić information content (AvgIpc) is 2.37. The fourth-order valence-corrected chi connectivity index (χ4v) is 2.04. The molecular formula is C17H26N2O. The lowest BCUT2D eigenvalue weighted by molar-refractivity contribution is 0.391. The number of nitrogens with one attached hydrogen (secondary N) is 1. The van der Waals surface area contributed by atoms with Crippen molar-refractivity contribution in [3.8, 4) is 0 Å². The van der Waals surface area contributed by atoms with Gasteiger partial charge in [-0.3, -0.25) is 0 Å². The van der Waals surface area contributed by atoms with Gasteiger partial charge in [0.2, 0.25) is 0 Å². The van der Waals surface area contributed by atoms with Gasteiger partial charge in [0.05, 0.1) is 5.76 Å². The summed E-state index contributed by atoms with van der Waals surface area (Å²) < 4.78 is 0. The monoisotopic (exact) mass is 274 g/mol. The molecule has 0 heterocycles. The molecular weight excluding hydrogens is 248 g/mol. The molecule has 0 amide bonds. The van der Waals surface area contributed by atoms with Crippen molar-refractivity contribution in [1.29, 1.82) is 0 Å². The van der Waals surface area contributed by atoms with Gasteiger partial charge in [-0.2, -0.15) is 0 Å². The third-order valence-electron chi connectivity index (χ3n) is 3.16. The highest BCUT2D eigenvalue weighted by molar-refractivity contribution is 5.61. The summed E-state index contributed by atoms with van der Waals surface area (Å²) in [5, 5.41) is 12.2. The van der Waals surface area contributed by atoms with E-state index in [4.69, 9.17) is 10.8 Å². The smallest absolute Gasteiger partial charge is 0.0868 e. The van der Waals surface area contributed by atoms with Crippen molar-refractivity contribution in [1.82, 2.24) is 5.32 Å². The second kappa shape index (κ2) is 7.75. The van der Waals surface area contributed by atoms with E-state index in [1.807, 2.05) is 12.1 Å². The number of nitrogens with two attached hydrogens (primary N) is 1. The fourth-order valence-electron chi connectivity index (χ4n) is 2.04. The highest BCUT2D eigenvalue weighted by Gasteiger charge is 2.08. The Hall–Kier alpha value is -1.74. The standard InChI is InChI=1S/C17H26N2O/c1-12(2)11-17(18)16-7-5-15(6-8-16)14(4)19-10-9-13(3)20/h5-8,12,17,19-20H,3-4,9-11,18H2,1-2H3. The highest BCUT2D eigenvalue weighted by atomic mass is 16.3. The van der Waals surface area contributed by atoms with E-state index in [1.54, 1.807) is 0 Å². The zero-order valence-corrected chi connectivity index (χ0v) is 12.5. The summed E-state index contributed by atoms with van der Waals surface area (Å²) in [6.45, 7) is 12.4. The molecule has 0 saturated carbocycles. The number of aliphatic hydroxyl groups excluding tert-OH is 1. The second-order valence-electron chi connectivity index (χ2n) is 5.58. The Morgan fingerprint density at radius 2 is 1.85 bits per heavy atom. The predicted molar refractivity (Wildman–Crippen MR) is 86.2 cm³/mol. The molecule has 0 aliphatic heterocycles. The molecule has 0 aromatic heterocycles. The summed E-state index contributed by atoms with van der Waals surface area (Å²) in [7, 11) is 0. The zero-order chi connectivity index (χ0) is 15.1. The van der Waals surface area contributed by atoms with Crippen LogP contribution in [0.2, 0.25) is 0 Å². The van der Waals surface area contributed by atoms with E-state index >= 15 is 0 Å². The van der Waals surface area contributed by atoms with Crippen LogP contribution in [0.5, 0.6) is 0 Å². The zero-order valence-electron chi connectivity index (χ0n) is 12.5. The fraction of sp³-hybridized carbons (Fsp3) is 0.412. The maximum Gasteiger partial charge on any atom is 0.0868 e. The summed E-state index contributed by atoms with van der Waals surface area (Å²) >= 11 is 0. The van der Waals surface area contributed by atoms with Gasteiger partial charge in [0.25, 0.3) is 0 Å². The molecule has 110 valence electrons. The van der Waals surface area contributed by atoms with E-state index in [0.29, 0.717) is 18.9 Å². The van der Waals surface area contributed by atoms with Gasteiger partial charge in [0.1, 0.15) is 0 Å². The van der Waals surface area contributed by atoms with Crippen molar-refractivity contribution in [2.45, 2.75) is 32.7 Å². The van der Waals surface area contributed by atoms with Crippen LogP contribution in [0.25, 0.3) is 5.70 Å². The van der Waals surface area contributed by atoms with Crippen LogP contribution in [-0.4, -0.2) is 11.7 Å². The Labute approximate surface area is 122 Å². The summed E-state index contributed by atoms with van der Waals surface area (Å²) in [5.74, 6) is 0.771. The summed E-state index contributed by atoms with van der Waals surface area (Å²) in [6.07, 6.45) is 1.51. The molecule has 0 aliphatic rings. The van der Waals surface area contributed by atoms with Gasteiger partial charge < -0.3 is 16.2 Å². The molecule has 0 radical (unpaired) electrons. The van der Waals surface area contributed by atoms with Crippen molar-refractivity contribution in [2.75, 3.05) is 6.54 Å². The minimum absolute atomic E-state index is 0.0861. The van der Waals surface area contributed by atoms with Crippen LogP contribution in [0.1, 0.15) is 43.9 Å². The summed E-state index contributed by atoms with van der Waals surface area (Å²) in [6, 6.07) is 8.25. The van der Waals surface area contributed by atoms with E-state index in [1.165, 1.54) is 0 Å². The molecule has 0 aliphatic carbocycles. The molecule has 0 saturated heterocycles. The van der Waals surface area contributed by atoms with Gasteiger partial charge in [-0.1, -0.05) is 51.3 Å². The third kappa shape index (κ3) is 5.49. The Morgan fingerprint density at radius 3 is 2.35 bits per heavy atom. The normalized spacial score (nSPS) is 12.2. The molecule has 0 fully saturated rings. The van der Waals surface area contributed by atoms with Crippen LogP contribution < -0.4 is 11.1 Å². The van der Waals surface area contributed by atoms with E-state index in [-0.39, 0.29) is 11.8 Å². The highest BCUT2D eigenvalue weighted by Crippen LogP contribution is 2.20. The maximum atomic E-state index is 9.03. The largest absolute Gasteiger partial charge is 0.513 e. The summed E-state index contributed by atoms with van der Waals surface area (Å²) in [4.78, 5) is 0. The van der Waals surface area contributed by atoms with Crippen LogP contribution in [0.3, 0.4) is 0 Å². The first-order valence-electron chi connectivity index (χ1n) is 7.05. The van der Waals surface area contributed by atoms with E-state index in [2.05, 4.69) is 44.5 Å². The van der Waals surface area contributed by atoms with Gasteiger partial charge in [-0.05, 0) is 23.5 Å². The minimum atomic E-state index is 0.0861. The lowest BCUT2D eigenvalue weighted by atomic mass is 9.97. The van der Waals surface area contributed by atoms with E-state index in [0.717, 1.165) is 23.2 Å². The first kappa shape index (κ1) is 16.3. The predicted octanol–water partition coefficient (Wildman–Crippen LogP) is 3.75. The Bertz CT molecular complexity index is 449. The van der Waals surface area contributed by atoms with Gasteiger partial charge in [-0.15, -0.1) is 0 Å². The lowest BCUT2D eigenvalue weighted by Gasteiger charge is -2.15. The van der Waals surface area contributed by atoms with Crippen LogP contribution in [0.4, 0.5) is 0 Å². The van der Waals surface area contributed by atoms with Crippen LogP contribution in [-0.2, 0) is 0 Å². The quantitative estimate of drug-likeness (QED) is 0.633. The number of hydrogen-bond acceptors (Lipinski definition) is 3. The molecule has 4 N–H and O–H groups in total. The molecule has 1 aromatic carbocycles. The summed E-state index contributed by atoms with van der Waals surface area (Å²) in [5.41, 5.74) is 9.19. The van der Waals surface area contributed by atoms with Crippen molar-refractivity contribution in [3.63, 3.8) is 0 Å². The van der Waals surface area contributed by atoms with Gasteiger partial charge >= 0.3 is 0 Å². The molecule has 20 heavy (non-hydrogen) atoms. The Kier molecular flexibility index (Phi) is 6.32. The van der Waals surface area contributed by atoms with Crippen molar-refractivity contribution >= 4 is 5.70 Å². The molecule has 1 atom stereocenters.